The molecule has 0 saturated heterocycles. The first kappa shape index (κ1) is 19.4. The van der Waals surface area contributed by atoms with E-state index in [1.54, 1.807) is 0 Å². The lowest BCUT2D eigenvalue weighted by Gasteiger charge is -2.10. The SMILES string of the molecule is C=CCC(=Cc1ccccc1)c1ccc(C(=Cc2ccccc2)CC=C)cc1. The average Bonchev–Trinajstić information content (AvgIpc) is 2.75. The lowest BCUT2D eigenvalue weighted by Crippen LogP contribution is -1.88. The Labute approximate surface area is 168 Å². The van der Waals surface area contributed by atoms with Gasteiger partial charge in [-0.15, -0.1) is 13.2 Å². The molecule has 0 atom stereocenters. The van der Waals surface area contributed by atoms with Crippen LogP contribution >= 0.6 is 0 Å². The van der Waals surface area contributed by atoms with Crippen LogP contribution in [0, 0.1) is 0 Å². The Morgan fingerprint density at radius 2 is 0.893 bits per heavy atom. The van der Waals surface area contributed by atoms with Gasteiger partial charge in [-0.1, -0.05) is 109 Å². The fourth-order valence-corrected chi connectivity index (χ4v) is 3.23. The van der Waals surface area contributed by atoms with E-state index in [2.05, 4.69) is 98.1 Å². The van der Waals surface area contributed by atoms with Gasteiger partial charge in [-0.25, -0.2) is 0 Å². The Bertz CT molecular complexity index is 873. The lowest BCUT2D eigenvalue weighted by molar-refractivity contribution is 1.38. The first-order valence-electron chi connectivity index (χ1n) is 9.64. The fraction of sp³-hybridized carbons (Fsp3) is 0.0714. The minimum atomic E-state index is 0.841. The van der Waals surface area contributed by atoms with Gasteiger partial charge < -0.3 is 0 Å². The molecular formula is C28H26. The first-order chi connectivity index (χ1) is 13.8. The quantitative estimate of drug-likeness (QED) is 0.282. The van der Waals surface area contributed by atoms with E-state index in [4.69, 9.17) is 0 Å². The van der Waals surface area contributed by atoms with Crippen LogP contribution in [-0.2, 0) is 0 Å². The first-order valence-corrected chi connectivity index (χ1v) is 9.64. The highest BCUT2D eigenvalue weighted by Crippen LogP contribution is 2.27. The molecular weight excluding hydrogens is 336 g/mol. The zero-order chi connectivity index (χ0) is 19.6. The van der Waals surface area contributed by atoms with Crippen molar-refractivity contribution in [2.24, 2.45) is 0 Å². The number of hydrogen-bond donors (Lipinski definition) is 0. The highest BCUT2D eigenvalue weighted by Gasteiger charge is 2.04. The van der Waals surface area contributed by atoms with Gasteiger partial charge in [0.1, 0.15) is 0 Å². The summed E-state index contributed by atoms with van der Waals surface area (Å²) >= 11 is 0. The molecule has 0 saturated carbocycles. The molecule has 3 aromatic carbocycles. The van der Waals surface area contributed by atoms with E-state index in [1.165, 1.54) is 33.4 Å². The Kier molecular flexibility index (Phi) is 6.98. The molecule has 0 radical (unpaired) electrons. The number of rotatable bonds is 8. The maximum Gasteiger partial charge on any atom is -0.00940 e. The van der Waals surface area contributed by atoms with Crippen LogP contribution in [0.15, 0.2) is 110 Å². The molecule has 0 nitrogen and oxygen atoms in total. The highest BCUT2D eigenvalue weighted by molar-refractivity contribution is 5.85. The van der Waals surface area contributed by atoms with Gasteiger partial charge in [-0.2, -0.15) is 0 Å². The summed E-state index contributed by atoms with van der Waals surface area (Å²) in [7, 11) is 0. The van der Waals surface area contributed by atoms with E-state index in [0.29, 0.717) is 0 Å². The minimum Gasteiger partial charge on any atom is -0.103 e. The molecule has 138 valence electrons. The standard InChI is InChI=1S/C28H26/c1-3-11-27(21-23-13-7-5-8-14-23)25-17-19-26(20-18-25)28(12-4-2)22-24-15-9-6-10-16-24/h3-10,13-22H,1-2,11-12H2. The van der Waals surface area contributed by atoms with Crippen molar-refractivity contribution in [3.8, 4) is 0 Å². The molecule has 0 aromatic heterocycles. The molecule has 0 bridgehead atoms. The van der Waals surface area contributed by atoms with E-state index >= 15 is 0 Å². The van der Waals surface area contributed by atoms with Crippen LogP contribution in [0.4, 0.5) is 0 Å². The topological polar surface area (TPSA) is 0 Å². The third kappa shape index (κ3) is 5.31. The van der Waals surface area contributed by atoms with Crippen molar-refractivity contribution in [2.45, 2.75) is 12.8 Å². The fourth-order valence-electron chi connectivity index (χ4n) is 3.23. The van der Waals surface area contributed by atoms with E-state index in [0.717, 1.165) is 12.8 Å². The van der Waals surface area contributed by atoms with Crippen LogP contribution in [0.25, 0.3) is 23.3 Å². The predicted octanol–water partition coefficient (Wildman–Crippen LogP) is 7.92. The van der Waals surface area contributed by atoms with Crippen molar-refractivity contribution in [1.82, 2.24) is 0 Å². The second-order valence-electron chi connectivity index (χ2n) is 6.72. The molecule has 0 spiro atoms. The molecule has 0 heterocycles. The van der Waals surface area contributed by atoms with Gasteiger partial charge in [0.15, 0.2) is 0 Å². The van der Waals surface area contributed by atoms with Crippen molar-refractivity contribution in [1.29, 1.82) is 0 Å². The maximum atomic E-state index is 3.92. The molecule has 0 N–H and O–H groups in total. The van der Waals surface area contributed by atoms with Crippen molar-refractivity contribution in [2.75, 3.05) is 0 Å². The summed E-state index contributed by atoms with van der Waals surface area (Å²) in [5, 5.41) is 0. The maximum absolute atomic E-state index is 3.92. The second-order valence-corrected chi connectivity index (χ2v) is 6.72. The van der Waals surface area contributed by atoms with Crippen LogP contribution in [0.1, 0.15) is 35.1 Å². The Balaban J connectivity index is 1.91. The zero-order valence-corrected chi connectivity index (χ0v) is 16.2. The van der Waals surface area contributed by atoms with Gasteiger partial charge in [0.05, 0.1) is 0 Å². The molecule has 0 aliphatic rings. The number of benzene rings is 3. The van der Waals surface area contributed by atoms with Crippen LogP contribution < -0.4 is 0 Å². The predicted molar refractivity (Wildman–Crippen MR) is 125 cm³/mol. The normalized spacial score (nSPS) is 11.9. The monoisotopic (exact) mass is 362 g/mol. The van der Waals surface area contributed by atoms with Crippen LogP contribution in [-0.4, -0.2) is 0 Å². The molecule has 0 aliphatic heterocycles. The Morgan fingerprint density at radius 3 is 1.21 bits per heavy atom. The Hall–Kier alpha value is -3.38. The van der Waals surface area contributed by atoms with Crippen LogP contribution in [0.3, 0.4) is 0 Å². The summed E-state index contributed by atoms with van der Waals surface area (Å²) in [6, 6.07) is 29.7. The van der Waals surface area contributed by atoms with Gasteiger partial charge in [0.2, 0.25) is 0 Å². The summed E-state index contributed by atoms with van der Waals surface area (Å²) in [5.41, 5.74) is 7.41. The van der Waals surface area contributed by atoms with Gasteiger partial charge in [0.25, 0.3) is 0 Å². The smallest absolute Gasteiger partial charge is 0.00940 e. The number of hydrogen-bond acceptors (Lipinski definition) is 0. The summed E-state index contributed by atoms with van der Waals surface area (Å²) in [6.45, 7) is 7.85. The van der Waals surface area contributed by atoms with E-state index in [-0.39, 0.29) is 0 Å². The van der Waals surface area contributed by atoms with Gasteiger partial charge in [-0.3, -0.25) is 0 Å². The second kappa shape index (κ2) is 10.1. The third-order valence-electron chi connectivity index (χ3n) is 4.64. The summed E-state index contributed by atoms with van der Waals surface area (Å²) in [4.78, 5) is 0. The van der Waals surface area contributed by atoms with E-state index < -0.39 is 0 Å². The molecule has 3 rings (SSSR count). The van der Waals surface area contributed by atoms with Crippen molar-refractivity contribution in [3.63, 3.8) is 0 Å². The molecule has 3 aromatic rings. The van der Waals surface area contributed by atoms with E-state index in [9.17, 15) is 0 Å². The Morgan fingerprint density at radius 1 is 0.536 bits per heavy atom. The van der Waals surface area contributed by atoms with Gasteiger partial charge in [-0.05, 0) is 46.2 Å². The van der Waals surface area contributed by atoms with Crippen molar-refractivity contribution < 1.29 is 0 Å². The summed E-state index contributed by atoms with van der Waals surface area (Å²) in [6.07, 6.45) is 10.1. The molecule has 0 fully saturated rings. The third-order valence-corrected chi connectivity index (χ3v) is 4.64. The van der Waals surface area contributed by atoms with Crippen molar-refractivity contribution in [3.05, 3.63) is 132 Å². The van der Waals surface area contributed by atoms with Gasteiger partial charge in [0, 0.05) is 0 Å². The summed E-state index contributed by atoms with van der Waals surface area (Å²) < 4.78 is 0. The van der Waals surface area contributed by atoms with Crippen LogP contribution in [0.5, 0.6) is 0 Å². The number of allylic oxidation sites excluding steroid dienone is 4. The largest absolute Gasteiger partial charge is 0.103 e. The molecule has 0 aliphatic carbocycles. The lowest BCUT2D eigenvalue weighted by atomic mass is 9.95. The zero-order valence-electron chi connectivity index (χ0n) is 16.2. The average molecular weight is 363 g/mol. The molecule has 0 heteroatoms. The highest BCUT2D eigenvalue weighted by atomic mass is 14.1. The van der Waals surface area contributed by atoms with E-state index in [1.807, 2.05) is 24.3 Å². The molecule has 28 heavy (non-hydrogen) atoms. The minimum absolute atomic E-state index is 0.841. The van der Waals surface area contributed by atoms with Gasteiger partial charge >= 0.3 is 0 Å². The summed E-state index contributed by atoms with van der Waals surface area (Å²) in [5.74, 6) is 0. The van der Waals surface area contributed by atoms with Crippen LogP contribution in [0.2, 0.25) is 0 Å². The van der Waals surface area contributed by atoms with Crippen molar-refractivity contribution >= 4 is 23.3 Å². The molecule has 0 unspecified atom stereocenters. The molecule has 0 amide bonds.